The largest absolute Gasteiger partial charge is 0.316 e. The highest BCUT2D eigenvalue weighted by Crippen LogP contribution is 2.27. The van der Waals surface area contributed by atoms with Gasteiger partial charge in [0.2, 0.25) is 0 Å². The second kappa shape index (κ2) is 6.20. The molecule has 98 valence electrons. The molecule has 0 aliphatic rings. The Kier molecular flexibility index (Phi) is 5.19. The summed E-state index contributed by atoms with van der Waals surface area (Å²) in [6.45, 7) is 11.0. The highest BCUT2D eigenvalue weighted by Gasteiger charge is 2.24. The van der Waals surface area contributed by atoms with Gasteiger partial charge in [-0.2, -0.15) is 5.10 Å². The summed E-state index contributed by atoms with van der Waals surface area (Å²) < 4.78 is 2.02. The first-order valence-corrected chi connectivity index (χ1v) is 6.71. The number of hydrogen-bond acceptors (Lipinski definition) is 2. The van der Waals surface area contributed by atoms with Crippen molar-refractivity contribution in [3.63, 3.8) is 0 Å². The zero-order valence-electron chi connectivity index (χ0n) is 12.0. The molecule has 0 aliphatic carbocycles. The normalized spacial score (nSPS) is 14.9. The van der Waals surface area contributed by atoms with Gasteiger partial charge in [0.05, 0.1) is 5.69 Å². The van der Waals surface area contributed by atoms with Crippen LogP contribution in [0, 0.1) is 12.3 Å². The Morgan fingerprint density at radius 2 is 2.12 bits per heavy atom. The van der Waals surface area contributed by atoms with Gasteiger partial charge < -0.3 is 5.32 Å². The van der Waals surface area contributed by atoms with Crippen LogP contribution in [-0.2, 0) is 13.5 Å². The van der Waals surface area contributed by atoms with Gasteiger partial charge in [-0.15, -0.1) is 0 Å². The van der Waals surface area contributed by atoms with E-state index < -0.39 is 0 Å². The molecule has 0 saturated heterocycles. The average Bonchev–Trinajstić information content (AvgIpc) is 2.55. The summed E-state index contributed by atoms with van der Waals surface area (Å²) in [4.78, 5) is 0. The lowest BCUT2D eigenvalue weighted by molar-refractivity contribution is 0.271. The van der Waals surface area contributed by atoms with Gasteiger partial charge in [-0.3, -0.25) is 4.68 Å². The van der Waals surface area contributed by atoms with Crippen LogP contribution in [0.2, 0.25) is 0 Å². The number of aryl methyl sites for hydroxylation is 2. The van der Waals surface area contributed by atoms with Gasteiger partial charge in [-0.05, 0) is 37.8 Å². The molecule has 1 unspecified atom stereocenters. The molecule has 17 heavy (non-hydrogen) atoms. The maximum atomic E-state index is 4.43. The summed E-state index contributed by atoms with van der Waals surface area (Å²) >= 11 is 0. The second-order valence-corrected chi connectivity index (χ2v) is 5.42. The fraction of sp³-hybridized carbons (Fsp3) is 0.786. The second-order valence-electron chi connectivity index (χ2n) is 5.42. The fourth-order valence-corrected chi connectivity index (χ4v) is 2.54. The minimum atomic E-state index is 0.338. The van der Waals surface area contributed by atoms with Crippen LogP contribution in [0.25, 0.3) is 0 Å². The van der Waals surface area contributed by atoms with E-state index in [9.17, 15) is 0 Å². The monoisotopic (exact) mass is 237 g/mol. The molecule has 0 bridgehead atoms. The van der Waals surface area contributed by atoms with Crippen LogP contribution in [0.5, 0.6) is 0 Å². The molecule has 1 N–H and O–H groups in total. The third-order valence-corrected chi connectivity index (χ3v) is 3.36. The summed E-state index contributed by atoms with van der Waals surface area (Å²) in [5.41, 5.74) is 2.80. The first kappa shape index (κ1) is 14.2. The quantitative estimate of drug-likeness (QED) is 0.790. The van der Waals surface area contributed by atoms with E-state index in [1.54, 1.807) is 0 Å². The van der Waals surface area contributed by atoms with Crippen LogP contribution in [0.4, 0.5) is 0 Å². The Morgan fingerprint density at radius 1 is 1.41 bits per heavy atom. The number of hydrogen-bond donors (Lipinski definition) is 1. The molecule has 0 radical (unpaired) electrons. The molecule has 0 aromatic carbocycles. The van der Waals surface area contributed by atoms with E-state index >= 15 is 0 Å². The van der Waals surface area contributed by atoms with Crippen LogP contribution < -0.4 is 5.32 Å². The Balaban J connectivity index is 2.74. The number of nitrogens with zero attached hydrogens (tertiary/aromatic N) is 2. The topological polar surface area (TPSA) is 29.9 Å². The molecule has 3 heteroatoms. The average molecular weight is 237 g/mol. The van der Waals surface area contributed by atoms with Crippen molar-refractivity contribution < 1.29 is 0 Å². The lowest BCUT2D eigenvalue weighted by Crippen LogP contribution is -2.34. The van der Waals surface area contributed by atoms with E-state index in [1.807, 2.05) is 11.7 Å². The lowest BCUT2D eigenvalue weighted by Gasteiger charge is -2.29. The van der Waals surface area contributed by atoms with E-state index in [2.05, 4.69) is 44.2 Å². The molecule has 1 atom stereocenters. The standard InChI is InChI=1S/C14H27N3/c1-6-8-14(4,11-15-7-2)10-13-9-12(3)16-17(13)5/h9,15H,6-8,10-11H2,1-5H3. The smallest absolute Gasteiger partial charge is 0.0596 e. The van der Waals surface area contributed by atoms with Crippen molar-refractivity contribution in [2.24, 2.45) is 12.5 Å². The Hall–Kier alpha value is -0.830. The minimum absolute atomic E-state index is 0.338. The third-order valence-electron chi connectivity index (χ3n) is 3.36. The van der Waals surface area contributed by atoms with Crippen molar-refractivity contribution in [3.8, 4) is 0 Å². The van der Waals surface area contributed by atoms with Gasteiger partial charge in [0, 0.05) is 19.3 Å². The van der Waals surface area contributed by atoms with Crippen molar-refractivity contribution in [2.75, 3.05) is 13.1 Å². The zero-order valence-corrected chi connectivity index (χ0v) is 12.0. The van der Waals surface area contributed by atoms with Gasteiger partial charge in [-0.1, -0.05) is 27.2 Å². The Labute approximate surface area is 106 Å². The van der Waals surface area contributed by atoms with Crippen molar-refractivity contribution in [2.45, 2.75) is 47.0 Å². The van der Waals surface area contributed by atoms with Gasteiger partial charge in [-0.25, -0.2) is 0 Å². The van der Waals surface area contributed by atoms with Crippen LogP contribution in [0.3, 0.4) is 0 Å². The lowest BCUT2D eigenvalue weighted by atomic mass is 9.81. The number of nitrogens with one attached hydrogen (secondary N) is 1. The van der Waals surface area contributed by atoms with Crippen LogP contribution in [0.1, 0.15) is 45.0 Å². The maximum Gasteiger partial charge on any atom is 0.0596 e. The SMILES string of the molecule is CCCC(C)(CNCC)Cc1cc(C)nn1C. The van der Waals surface area contributed by atoms with Crippen molar-refractivity contribution in [1.29, 1.82) is 0 Å². The fourth-order valence-electron chi connectivity index (χ4n) is 2.54. The highest BCUT2D eigenvalue weighted by molar-refractivity contribution is 5.10. The predicted octanol–water partition coefficient (Wildman–Crippen LogP) is 2.69. The first-order valence-electron chi connectivity index (χ1n) is 6.71. The predicted molar refractivity (Wildman–Crippen MR) is 73.2 cm³/mol. The van der Waals surface area contributed by atoms with Gasteiger partial charge in [0.1, 0.15) is 0 Å². The summed E-state index contributed by atoms with van der Waals surface area (Å²) in [5.74, 6) is 0. The highest BCUT2D eigenvalue weighted by atomic mass is 15.3. The summed E-state index contributed by atoms with van der Waals surface area (Å²) in [6.07, 6.45) is 3.59. The molecular formula is C14H27N3. The Morgan fingerprint density at radius 3 is 2.59 bits per heavy atom. The van der Waals surface area contributed by atoms with Crippen molar-refractivity contribution in [3.05, 3.63) is 17.5 Å². The molecule has 0 aliphatic heterocycles. The van der Waals surface area contributed by atoms with E-state index in [0.717, 1.165) is 25.2 Å². The van der Waals surface area contributed by atoms with E-state index in [-0.39, 0.29) is 0 Å². The molecule has 1 heterocycles. The summed E-state index contributed by atoms with van der Waals surface area (Å²) in [7, 11) is 2.04. The van der Waals surface area contributed by atoms with E-state index in [1.165, 1.54) is 18.5 Å². The summed E-state index contributed by atoms with van der Waals surface area (Å²) in [5, 5.41) is 7.92. The molecule has 1 aromatic heterocycles. The van der Waals surface area contributed by atoms with Gasteiger partial charge in [0.25, 0.3) is 0 Å². The number of rotatable bonds is 7. The maximum absolute atomic E-state index is 4.43. The van der Waals surface area contributed by atoms with Gasteiger partial charge >= 0.3 is 0 Å². The molecule has 1 rings (SSSR count). The van der Waals surface area contributed by atoms with E-state index in [4.69, 9.17) is 0 Å². The number of aromatic nitrogens is 2. The molecule has 0 fully saturated rings. The van der Waals surface area contributed by atoms with E-state index in [0.29, 0.717) is 5.41 Å². The molecule has 3 nitrogen and oxygen atoms in total. The zero-order chi connectivity index (χ0) is 12.9. The summed E-state index contributed by atoms with van der Waals surface area (Å²) in [6, 6.07) is 2.21. The Bertz CT molecular complexity index is 343. The van der Waals surface area contributed by atoms with Gasteiger partial charge in [0.15, 0.2) is 0 Å². The molecular weight excluding hydrogens is 210 g/mol. The van der Waals surface area contributed by atoms with Crippen LogP contribution in [-0.4, -0.2) is 22.9 Å². The third kappa shape index (κ3) is 4.15. The van der Waals surface area contributed by atoms with Crippen molar-refractivity contribution >= 4 is 0 Å². The molecule has 0 spiro atoms. The van der Waals surface area contributed by atoms with Crippen molar-refractivity contribution in [1.82, 2.24) is 15.1 Å². The van der Waals surface area contributed by atoms with Crippen LogP contribution >= 0.6 is 0 Å². The molecule has 0 saturated carbocycles. The van der Waals surface area contributed by atoms with Crippen LogP contribution in [0.15, 0.2) is 6.07 Å². The molecule has 0 amide bonds. The minimum Gasteiger partial charge on any atom is -0.316 e. The molecule has 1 aromatic rings. The first-order chi connectivity index (χ1) is 8.00.